The van der Waals surface area contributed by atoms with Gasteiger partial charge in [-0.3, -0.25) is 0 Å². The van der Waals surface area contributed by atoms with Crippen LogP contribution in [0.5, 0.6) is 23.0 Å². The first-order chi connectivity index (χ1) is 12.2. The second-order valence-corrected chi connectivity index (χ2v) is 5.61. The maximum absolute atomic E-state index is 12.3. The molecule has 0 unspecified atom stereocenters. The summed E-state index contributed by atoms with van der Waals surface area (Å²) in [5.41, 5.74) is 2.91. The fraction of sp³-hybridized carbons (Fsp3) is 0.211. The molecule has 2 heterocycles. The highest BCUT2D eigenvalue weighted by atomic mass is 16.7. The average molecular weight is 340 g/mol. The van der Waals surface area contributed by atoms with Gasteiger partial charge in [0.25, 0.3) is 0 Å². The first kappa shape index (κ1) is 15.4. The molecule has 0 spiro atoms. The number of hydrogen-bond donors (Lipinski definition) is 0. The summed E-state index contributed by atoms with van der Waals surface area (Å²) in [6.07, 6.45) is 1.77. The molecular weight excluding hydrogens is 324 g/mol. The van der Waals surface area contributed by atoms with Gasteiger partial charge in [-0.2, -0.15) is 0 Å². The van der Waals surface area contributed by atoms with Gasteiger partial charge in [0.15, 0.2) is 23.0 Å². The number of esters is 1. The van der Waals surface area contributed by atoms with Gasteiger partial charge in [-0.05, 0) is 41.5 Å². The highest BCUT2D eigenvalue weighted by molar-refractivity contribution is 6.22. The number of benzene rings is 2. The summed E-state index contributed by atoms with van der Waals surface area (Å²) in [6.45, 7) is 0.407. The monoisotopic (exact) mass is 340 g/mol. The van der Waals surface area contributed by atoms with Gasteiger partial charge in [0.05, 0.1) is 19.8 Å². The number of fused-ring (bicyclic) bond motifs is 2. The van der Waals surface area contributed by atoms with Gasteiger partial charge in [0, 0.05) is 5.56 Å². The molecule has 128 valence electrons. The van der Waals surface area contributed by atoms with E-state index in [2.05, 4.69) is 0 Å². The largest absolute Gasteiger partial charge is 0.493 e. The smallest absolute Gasteiger partial charge is 0.339 e. The number of carbonyl (C=O) groups excluding carboxylic acids is 1. The minimum absolute atomic E-state index is 0.201. The van der Waals surface area contributed by atoms with Crippen LogP contribution in [0.1, 0.15) is 16.7 Å². The van der Waals surface area contributed by atoms with E-state index >= 15 is 0 Å². The zero-order valence-corrected chi connectivity index (χ0v) is 13.8. The highest BCUT2D eigenvalue weighted by Gasteiger charge is 2.26. The zero-order valence-electron chi connectivity index (χ0n) is 13.8. The molecule has 0 amide bonds. The van der Waals surface area contributed by atoms with Crippen LogP contribution in [0.3, 0.4) is 0 Å². The quantitative estimate of drug-likeness (QED) is 0.632. The van der Waals surface area contributed by atoms with Crippen LogP contribution >= 0.6 is 0 Å². The summed E-state index contributed by atoms with van der Waals surface area (Å²) in [7, 11) is 3.13. The lowest BCUT2D eigenvalue weighted by atomic mass is 9.95. The van der Waals surface area contributed by atoms with Crippen molar-refractivity contribution in [2.24, 2.45) is 0 Å². The van der Waals surface area contributed by atoms with E-state index in [1.54, 1.807) is 26.4 Å². The molecule has 2 aliphatic rings. The molecule has 0 aromatic heterocycles. The Morgan fingerprint density at radius 1 is 0.960 bits per heavy atom. The van der Waals surface area contributed by atoms with E-state index in [0.717, 1.165) is 16.7 Å². The van der Waals surface area contributed by atoms with E-state index in [1.165, 1.54) is 0 Å². The molecule has 25 heavy (non-hydrogen) atoms. The van der Waals surface area contributed by atoms with E-state index in [9.17, 15) is 4.79 Å². The third kappa shape index (κ3) is 2.65. The van der Waals surface area contributed by atoms with Crippen LogP contribution in [-0.4, -0.2) is 27.0 Å². The van der Waals surface area contributed by atoms with Crippen molar-refractivity contribution in [2.75, 3.05) is 21.0 Å². The van der Waals surface area contributed by atoms with Crippen molar-refractivity contribution in [3.63, 3.8) is 0 Å². The molecule has 2 aliphatic heterocycles. The molecule has 0 atom stereocenters. The Hall–Kier alpha value is -3.15. The van der Waals surface area contributed by atoms with Crippen LogP contribution in [0.25, 0.3) is 11.6 Å². The third-order valence-electron chi connectivity index (χ3n) is 4.19. The number of hydrogen-bond acceptors (Lipinski definition) is 6. The second kappa shape index (κ2) is 6.05. The summed E-state index contributed by atoms with van der Waals surface area (Å²) in [5, 5.41) is 0. The van der Waals surface area contributed by atoms with Gasteiger partial charge >= 0.3 is 5.97 Å². The van der Waals surface area contributed by atoms with Crippen LogP contribution in [0.4, 0.5) is 0 Å². The summed E-state index contributed by atoms with van der Waals surface area (Å²) in [6, 6.07) is 9.14. The Bertz CT molecular complexity index is 884. The normalized spacial score (nSPS) is 16.4. The van der Waals surface area contributed by atoms with Crippen LogP contribution in [0.15, 0.2) is 30.3 Å². The van der Waals surface area contributed by atoms with Gasteiger partial charge in [-0.1, -0.05) is 6.07 Å². The van der Waals surface area contributed by atoms with Gasteiger partial charge in [-0.15, -0.1) is 0 Å². The molecule has 0 radical (unpaired) electrons. The molecule has 0 fully saturated rings. The first-order valence-electron chi connectivity index (χ1n) is 7.73. The molecule has 6 heteroatoms. The van der Waals surface area contributed by atoms with Crippen molar-refractivity contribution in [3.8, 4) is 23.0 Å². The molecule has 0 saturated heterocycles. The standard InChI is InChI=1S/C19H16O6/c1-21-16-7-12-9-23-19(20)14(13(12)8-17(16)22-2)5-11-3-4-15-18(6-11)25-10-24-15/h3-8H,9-10H2,1-2H3. The molecule has 4 rings (SSSR count). The van der Waals surface area contributed by atoms with Gasteiger partial charge < -0.3 is 23.7 Å². The van der Waals surface area contributed by atoms with E-state index in [0.29, 0.717) is 28.6 Å². The Morgan fingerprint density at radius 2 is 1.72 bits per heavy atom. The lowest BCUT2D eigenvalue weighted by molar-refractivity contribution is -0.138. The van der Waals surface area contributed by atoms with Crippen molar-refractivity contribution in [2.45, 2.75) is 6.61 Å². The molecule has 0 saturated carbocycles. The maximum atomic E-state index is 12.3. The summed E-state index contributed by atoms with van der Waals surface area (Å²) in [5.74, 6) is 2.14. The van der Waals surface area contributed by atoms with E-state index in [4.69, 9.17) is 23.7 Å². The van der Waals surface area contributed by atoms with Crippen LogP contribution in [0.2, 0.25) is 0 Å². The average Bonchev–Trinajstić information content (AvgIpc) is 3.10. The molecule has 0 N–H and O–H groups in total. The number of carbonyl (C=O) groups is 1. The summed E-state index contributed by atoms with van der Waals surface area (Å²) >= 11 is 0. The van der Waals surface area contributed by atoms with Crippen molar-refractivity contribution >= 4 is 17.6 Å². The minimum atomic E-state index is -0.377. The van der Waals surface area contributed by atoms with E-state index in [1.807, 2.05) is 24.3 Å². The predicted octanol–water partition coefficient (Wildman–Crippen LogP) is 3.03. The molecule has 2 aromatic carbocycles. The van der Waals surface area contributed by atoms with E-state index in [-0.39, 0.29) is 19.4 Å². The highest BCUT2D eigenvalue weighted by Crippen LogP contribution is 2.38. The van der Waals surface area contributed by atoms with Gasteiger partial charge in [-0.25, -0.2) is 4.79 Å². The van der Waals surface area contributed by atoms with Crippen LogP contribution < -0.4 is 18.9 Å². The Morgan fingerprint density at radius 3 is 2.52 bits per heavy atom. The van der Waals surface area contributed by atoms with Crippen molar-refractivity contribution < 1.29 is 28.5 Å². The molecule has 2 aromatic rings. The topological polar surface area (TPSA) is 63.2 Å². The predicted molar refractivity (Wildman–Crippen MR) is 89.8 cm³/mol. The second-order valence-electron chi connectivity index (χ2n) is 5.61. The maximum Gasteiger partial charge on any atom is 0.339 e. The summed E-state index contributed by atoms with van der Waals surface area (Å²) < 4.78 is 26.7. The Labute approximate surface area is 144 Å². The zero-order chi connectivity index (χ0) is 17.4. The Kier molecular flexibility index (Phi) is 3.72. The van der Waals surface area contributed by atoms with Crippen LogP contribution in [-0.2, 0) is 16.1 Å². The molecule has 0 aliphatic carbocycles. The first-order valence-corrected chi connectivity index (χ1v) is 7.73. The van der Waals surface area contributed by atoms with Crippen molar-refractivity contribution in [1.82, 2.24) is 0 Å². The molecular formula is C19H16O6. The van der Waals surface area contributed by atoms with Gasteiger partial charge in [0.1, 0.15) is 6.61 Å². The van der Waals surface area contributed by atoms with E-state index < -0.39 is 0 Å². The van der Waals surface area contributed by atoms with Gasteiger partial charge in [0.2, 0.25) is 6.79 Å². The Balaban J connectivity index is 1.81. The van der Waals surface area contributed by atoms with Crippen molar-refractivity contribution in [1.29, 1.82) is 0 Å². The fourth-order valence-corrected chi connectivity index (χ4v) is 2.93. The molecule has 6 nitrogen and oxygen atoms in total. The lowest BCUT2D eigenvalue weighted by Crippen LogP contribution is -2.15. The number of ether oxygens (including phenoxy) is 5. The summed E-state index contributed by atoms with van der Waals surface area (Å²) in [4.78, 5) is 12.3. The number of cyclic esters (lactones) is 1. The minimum Gasteiger partial charge on any atom is -0.493 e. The number of rotatable bonds is 3. The third-order valence-corrected chi connectivity index (χ3v) is 4.19. The van der Waals surface area contributed by atoms with Crippen LogP contribution in [0, 0.1) is 0 Å². The molecule has 0 bridgehead atoms. The SMILES string of the molecule is COc1cc2c(cc1OC)C(=Cc1ccc3c(c1)OCO3)C(=O)OC2. The lowest BCUT2D eigenvalue weighted by Gasteiger charge is -2.21. The number of methoxy groups -OCH3 is 2. The van der Waals surface area contributed by atoms with Crippen molar-refractivity contribution in [3.05, 3.63) is 47.0 Å². The fourth-order valence-electron chi connectivity index (χ4n) is 2.93.